The average Bonchev–Trinajstić information content (AvgIpc) is 3.42. The van der Waals surface area contributed by atoms with Gasteiger partial charge in [0.05, 0.1) is 24.7 Å². The molecule has 8 heteroatoms. The molecule has 1 amide bonds. The highest BCUT2D eigenvalue weighted by Crippen LogP contribution is 2.30. The summed E-state index contributed by atoms with van der Waals surface area (Å²) in [7, 11) is 1.63. The van der Waals surface area contributed by atoms with Crippen molar-refractivity contribution in [2.45, 2.75) is 18.6 Å². The zero-order valence-corrected chi connectivity index (χ0v) is 18.1. The van der Waals surface area contributed by atoms with Crippen LogP contribution in [0.2, 0.25) is 0 Å². The van der Waals surface area contributed by atoms with Gasteiger partial charge in [0, 0.05) is 12.2 Å². The maximum atomic E-state index is 12.4. The number of aromatic nitrogens is 3. The highest BCUT2D eigenvalue weighted by molar-refractivity contribution is 7.99. The summed E-state index contributed by atoms with van der Waals surface area (Å²) in [5.74, 6) is 2.38. The van der Waals surface area contributed by atoms with Crippen LogP contribution in [-0.2, 0) is 11.3 Å². The lowest BCUT2D eigenvalue weighted by Crippen LogP contribution is -2.24. The number of thioether (sulfide) groups is 1. The number of benzene rings is 2. The smallest absolute Gasteiger partial charge is 0.230 e. The number of aryl methyl sites for hydroxylation is 1. The molecule has 7 nitrogen and oxygen atoms in total. The molecule has 158 valence electrons. The molecule has 0 atom stereocenters. The number of amides is 1. The van der Waals surface area contributed by atoms with E-state index in [0.29, 0.717) is 17.5 Å². The van der Waals surface area contributed by atoms with E-state index in [1.165, 1.54) is 11.8 Å². The van der Waals surface area contributed by atoms with Gasteiger partial charge in [-0.2, -0.15) is 0 Å². The molecule has 0 spiro atoms. The van der Waals surface area contributed by atoms with Gasteiger partial charge in [-0.15, -0.1) is 10.2 Å². The normalized spacial score (nSPS) is 10.8. The van der Waals surface area contributed by atoms with Crippen LogP contribution in [0.5, 0.6) is 5.75 Å². The minimum Gasteiger partial charge on any atom is -0.497 e. The fraction of sp³-hybridized carbons (Fsp3) is 0.174. The summed E-state index contributed by atoms with van der Waals surface area (Å²) in [6.07, 6.45) is 1.63. The molecule has 0 aliphatic rings. The van der Waals surface area contributed by atoms with Gasteiger partial charge in [0.25, 0.3) is 0 Å². The lowest BCUT2D eigenvalue weighted by molar-refractivity contribution is -0.118. The van der Waals surface area contributed by atoms with Crippen LogP contribution >= 0.6 is 11.8 Å². The van der Waals surface area contributed by atoms with Gasteiger partial charge >= 0.3 is 0 Å². The van der Waals surface area contributed by atoms with Gasteiger partial charge in [0.2, 0.25) is 5.91 Å². The van der Waals surface area contributed by atoms with Gasteiger partial charge in [0.15, 0.2) is 11.0 Å². The fourth-order valence-electron chi connectivity index (χ4n) is 3.09. The molecule has 0 aliphatic heterocycles. The third-order valence-electron chi connectivity index (χ3n) is 4.73. The number of nitrogens with one attached hydrogen (secondary N) is 1. The summed E-state index contributed by atoms with van der Waals surface area (Å²) in [5.41, 5.74) is 2.79. The molecule has 1 N–H and O–H groups in total. The number of methoxy groups -OCH3 is 1. The molecule has 2 aromatic carbocycles. The summed E-state index contributed by atoms with van der Waals surface area (Å²) in [5, 5.41) is 12.3. The van der Waals surface area contributed by atoms with E-state index in [1.54, 1.807) is 13.4 Å². The van der Waals surface area contributed by atoms with Crippen LogP contribution < -0.4 is 10.1 Å². The van der Waals surface area contributed by atoms with Crippen LogP contribution in [0.4, 0.5) is 0 Å². The average molecular weight is 435 g/mol. The van der Waals surface area contributed by atoms with Crippen molar-refractivity contribution in [3.63, 3.8) is 0 Å². The molecule has 2 heterocycles. The Morgan fingerprint density at radius 2 is 1.87 bits per heavy atom. The van der Waals surface area contributed by atoms with Crippen molar-refractivity contribution in [2.75, 3.05) is 12.9 Å². The molecular weight excluding hydrogens is 412 g/mol. The Morgan fingerprint density at radius 1 is 1.10 bits per heavy atom. The standard InChI is InChI=1S/C23H22N4O3S/c1-16-20(12-13-30-16)22-25-26-23(27(22)18-6-4-3-5-7-18)31-15-21(28)24-14-17-8-10-19(29-2)11-9-17/h3-13H,14-15H2,1-2H3,(H,24,28). The molecule has 31 heavy (non-hydrogen) atoms. The molecule has 0 saturated carbocycles. The molecule has 0 fully saturated rings. The van der Waals surface area contributed by atoms with E-state index in [1.807, 2.05) is 72.2 Å². The monoisotopic (exact) mass is 434 g/mol. The minimum absolute atomic E-state index is 0.0792. The van der Waals surface area contributed by atoms with Crippen molar-refractivity contribution in [3.05, 3.63) is 78.3 Å². The molecule has 0 unspecified atom stereocenters. The van der Waals surface area contributed by atoms with Gasteiger partial charge in [-0.05, 0) is 42.8 Å². The lowest BCUT2D eigenvalue weighted by atomic mass is 10.2. The first-order chi connectivity index (χ1) is 15.2. The predicted octanol–water partition coefficient (Wildman–Crippen LogP) is 4.25. The van der Waals surface area contributed by atoms with Gasteiger partial charge in [0.1, 0.15) is 11.5 Å². The number of hydrogen-bond donors (Lipinski definition) is 1. The van der Waals surface area contributed by atoms with E-state index in [4.69, 9.17) is 9.15 Å². The van der Waals surface area contributed by atoms with Crippen molar-refractivity contribution in [1.29, 1.82) is 0 Å². The number of ether oxygens (including phenoxy) is 1. The number of rotatable bonds is 8. The third-order valence-corrected chi connectivity index (χ3v) is 5.66. The van der Waals surface area contributed by atoms with Gasteiger partial charge in [-0.3, -0.25) is 9.36 Å². The lowest BCUT2D eigenvalue weighted by Gasteiger charge is -2.10. The zero-order chi connectivity index (χ0) is 21.6. The van der Waals surface area contributed by atoms with E-state index in [-0.39, 0.29) is 11.7 Å². The summed E-state index contributed by atoms with van der Waals surface area (Å²) < 4.78 is 12.5. The van der Waals surface area contributed by atoms with Crippen LogP contribution in [0.15, 0.2) is 76.5 Å². The molecule has 0 saturated heterocycles. The highest BCUT2D eigenvalue weighted by atomic mass is 32.2. The maximum Gasteiger partial charge on any atom is 0.230 e. The van der Waals surface area contributed by atoms with E-state index < -0.39 is 0 Å². The van der Waals surface area contributed by atoms with E-state index in [2.05, 4.69) is 15.5 Å². The topological polar surface area (TPSA) is 82.2 Å². The van der Waals surface area contributed by atoms with Crippen LogP contribution in [0, 0.1) is 6.92 Å². The van der Waals surface area contributed by atoms with Crippen LogP contribution in [-0.4, -0.2) is 33.5 Å². The number of nitrogens with zero attached hydrogens (tertiary/aromatic N) is 3. The first-order valence-electron chi connectivity index (χ1n) is 9.73. The van der Waals surface area contributed by atoms with Crippen LogP contribution in [0.3, 0.4) is 0 Å². The van der Waals surface area contributed by atoms with Gasteiger partial charge in [-0.1, -0.05) is 42.1 Å². The Kier molecular flexibility index (Phi) is 6.37. The number of para-hydroxylation sites is 1. The molecule has 4 rings (SSSR count). The molecule has 0 aliphatic carbocycles. The predicted molar refractivity (Wildman–Crippen MR) is 119 cm³/mol. The first-order valence-corrected chi connectivity index (χ1v) is 10.7. The second-order valence-corrected chi connectivity index (χ2v) is 7.72. The van der Waals surface area contributed by atoms with E-state index in [0.717, 1.165) is 28.3 Å². The molecular formula is C23H22N4O3S. The Hall–Kier alpha value is -3.52. The molecule has 2 aromatic heterocycles. The number of hydrogen-bond acceptors (Lipinski definition) is 6. The van der Waals surface area contributed by atoms with E-state index in [9.17, 15) is 4.79 Å². The largest absolute Gasteiger partial charge is 0.497 e. The first kappa shape index (κ1) is 20.7. The summed E-state index contributed by atoms with van der Waals surface area (Å²) in [6.45, 7) is 2.34. The molecule has 4 aromatic rings. The Balaban J connectivity index is 1.47. The molecule has 0 bridgehead atoms. The van der Waals surface area contributed by atoms with Gasteiger partial charge < -0.3 is 14.5 Å². The number of carbonyl (C=O) groups is 1. The zero-order valence-electron chi connectivity index (χ0n) is 17.2. The third kappa shape index (κ3) is 4.80. The van der Waals surface area contributed by atoms with Crippen molar-refractivity contribution in [3.8, 4) is 22.8 Å². The SMILES string of the molecule is COc1ccc(CNC(=O)CSc2nnc(-c3ccoc3C)n2-c2ccccc2)cc1. The van der Waals surface area contributed by atoms with Crippen molar-refractivity contribution in [2.24, 2.45) is 0 Å². The van der Waals surface area contributed by atoms with Crippen molar-refractivity contribution in [1.82, 2.24) is 20.1 Å². The molecule has 0 radical (unpaired) electrons. The quantitative estimate of drug-likeness (QED) is 0.418. The summed E-state index contributed by atoms with van der Waals surface area (Å²) in [4.78, 5) is 12.4. The van der Waals surface area contributed by atoms with Crippen molar-refractivity contribution >= 4 is 17.7 Å². The number of carbonyl (C=O) groups excluding carboxylic acids is 1. The van der Waals surface area contributed by atoms with E-state index >= 15 is 0 Å². The number of furan rings is 1. The van der Waals surface area contributed by atoms with Crippen LogP contribution in [0.25, 0.3) is 17.1 Å². The minimum atomic E-state index is -0.0792. The summed E-state index contributed by atoms with van der Waals surface area (Å²) >= 11 is 1.34. The van der Waals surface area contributed by atoms with Crippen LogP contribution in [0.1, 0.15) is 11.3 Å². The Bertz CT molecular complexity index is 1150. The second kappa shape index (κ2) is 9.53. The summed E-state index contributed by atoms with van der Waals surface area (Å²) in [6, 6.07) is 19.3. The van der Waals surface area contributed by atoms with Crippen molar-refractivity contribution < 1.29 is 13.9 Å². The highest BCUT2D eigenvalue weighted by Gasteiger charge is 2.19. The Morgan fingerprint density at radius 3 is 2.55 bits per heavy atom. The fourth-order valence-corrected chi connectivity index (χ4v) is 3.87. The Labute approximate surface area is 184 Å². The maximum absolute atomic E-state index is 12.4. The van der Waals surface area contributed by atoms with Gasteiger partial charge in [-0.25, -0.2) is 0 Å². The second-order valence-electron chi connectivity index (χ2n) is 6.78.